The zero-order chi connectivity index (χ0) is 15.9. The molecule has 3 heterocycles. The van der Waals surface area contributed by atoms with Crippen LogP contribution in [-0.2, 0) is 0 Å². The van der Waals surface area contributed by atoms with Crippen LogP contribution in [-0.4, -0.2) is 34.1 Å². The Morgan fingerprint density at radius 3 is 2.77 bits per heavy atom. The van der Waals surface area contributed by atoms with Gasteiger partial charge in [0.1, 0.15) is 11.2 Å². The van der Waals surface area contributed by atoms with Crippen LogP contribution in [0.5, 0.6) is 0 Å². The second kappa shape index (κ2) is 5.42. The number of carbonyl (C=O) groups is 1. The average Bonchev–Trinajstić information content (AvgIpc) is 3.13. The van der Waals surface area contributed by atoms with Crippen LogP contribution in [0.25, 0.3) is 21.8 Å². The number of aromatic nitrogens is 2. The largest absolute Gasteiger partial charge is 0.475 e. The highest BCUT2D eigenvalue weighted by Crippen LogP contribution is 2.33. The summed E-state index contributed by atoms with van der Waals surface area (Å²) < 4.78 is 5.28. The molecule has 0 atom stereocenters. The average molecular weight is 317 g/mol. The van der Waals surface area contributed by atoms with Crippen molar-refractivity contribution in [2.75, 3.05) is 11.9 Å². The molecule has 1 N–H and O–H groups in total. The minimum absolute atomic E-state index is 0.156. The van der Waals surface area contributed by atoms with Gasteiger partial charge in [-0.3, -0.25) is 0 Å². The van der Waals surface area contributed by atoms with Gasteiger partial charge in [0.25, 0.3) is 0 Å². The molecule has 0 aromatic carbocycles. The molecule has 0 aliphatic heterocycles. The Balaban J connectivity index is 2.25. The summed E-state index contributed by atoms with van der Waals surface area (Å²) in [5.41, 5.74) is 1.42. The maximum atomic E-state index is 11.1. The van der Waals surface area contributed by atoms with Crippen LogP contribution < -0.4 is 4.90 Å². The van der Waals surface area contributed by atoms with Crippen molar-refractivity contribution in [2.24, 2.45) is 0 Å². The van der Waals surface area contributed by atoms with E-state index in [1.165, 1.54) is 6.07 Å². The number of carboxylic acids is 1. The van der Waals surface area contributed by atoms with E-state index in [4.69, 9.17) is 9.52 Å². The first-order chi connectivity index (χ1) is 10.5. The number of hydrogen-bond donors (Lipinski definition) is 1. The number of nitrogens with zero attached hydrogens (tertiary/aromatic N) is 3. The van der Waals surface area contributed by atoms with Crippen LogP contribution in [0.3, 0.4) is 0 Å². The Hall–Kier alpha value is -2.41. The molecule has 3 aromatic rings. The van der Waals surface area contributed by atoms with Crippen LogP contribution in [0.4, 0.5) is 5.82 Å². The van der Waals surface area contributed by atoms with Crippen molar-refractivity contribution in [3.63, 3.8) is 0 Å². The van der Waals surface area contributed by atoms with E-state index < -0.39 is 5.97 Å². The highest BCUT2D eigenvalue weighted by molar-refractivity contribution is 7.13. The third kappa shape index (κ3) is 2.43. The number of rotatable bonds is 4. The fourth-order valence-corrected chi connectivity index (χ4v) is 2.74. The third-order valence-electron chi connectivity index (χ3n) is 3.42. The number of furan rings is 1. The van der Waals surface area contributed by atoms with Crippen molar-refractivity contribution in [1.82, 2.24) is 9.97 Å². The third-order valence-corrected chi connectivity index (χ3v) is 4.30. The van der Waals surface area contributed by atoms with E-state index in [1.807, 2.05) is 29.5 Å². The first-order valence-electron chi connectivity index (χ1n) is 6.79. The fraction of sp³-hybridized carbons (Fsp3) is 0.267. The van der Waals surface area contributed by atoms with Gasteiger partial charge in [0.15, 0.2) is 5.82 Å². The first kappa shape index (κ1) is 14.5. The zero-order valence-electron chi connectivity index (χ0n) is 12.4. The Morgan fingerprint density at radius 2 is 2.18 bits per heavy atom. The Kier molecular flexibility index (Phi) is 3.58. The summed E-state index contributed by atoms with van der Waals surface area (Å²) in [7, 11) is 1.93. The molecule has 6 nitrogen and oxygen atoms in total. The van der Waals surface area contributed by atoms with Gasteiger partial charge in [0.2, 0.25) is 11.5 Å². The summed E-state index contributed by atoms with van der Waals surface area (Å²) in [6, 6.07) is 5.54. The van der Waals surface area contributed by atoms with Crippen LogP contribution in [0, 0.1) is 0 Å². The second-order valence-corrected chi connectivity index (χ2v) is 6.13. The molecule has 0 aliphatic carbocycles. The van der Waals surface area contributed by atoms with Gasteiger partial charge >= 0.3 is 5.97 Å². The van der Waals surface area contributed by atoms with Crippen LogP contribution in [0.1, 0.15) is 24.4 Å². The minimum Gasteiger partial charge on any atom is -0.475 e. The van der Waals surface area contributed by atoms with E-state index in [2.05, 4.69) is 23.8 Å². The lowest BCUT2D eigenvalue weighted by molar-refractivity contribution is 0.0664. The molecular formula is C15H15N3O3S. The number of aromatic carboxylic acids is 1. The van der Waals surface area contributed by atoms with Gasteiger partial charge in [0, 0.05) is 19.2 Å². The highest BCUT2D eigenvalue weighted by atomic mass is 32.1. The summed E-state index contributed by atoms with van der Waals surface area (Å²) in [6.45, 7) is 4.10. The number of thiophene rings is 1. The van der Waals surface area contributed by atoms with E-state index >= 15 is 0 Å². The first-order valence-corrected chi connectivity index (χ1v) is 7.67. The molecule has 7 heteroatoms. The van der Waals surface area contributed by atoms with E-state index in [0.29, 0.717) is 11.3 Å². The fourth-order valence-electron chi connectivity index (χ4n) is 2.03. The van der Waals surface area contributed by atoms with E-state index in [0.717, 1.165) is 10.6 Å². The Morgan fingerprint density at radius 1 is 1.41 bits per heavy atom. The zero-order valence-corrected chi connectivity index (χ0v) is 13.2. The standard InChI is InChI=1S/C15H15N3O3S/c1-8(2)18(3)13-12(11-5-4-6-22-11)16-9-7-10(15(19)20)21-14(9)17-13/h4-8H,1-3H3,(H,19,20). The van der Waals surface area contributed by atoms with Crippen LogP contribution in [0.2, 0.25) is 0 Å². The summed E-state index contributed by atoms with van der Waals surface area (Å²) in [5.74, 6) is -0.607. The minimum atomic E-state index is -1.13. The highest BCUT2D eigenvalue weighted by Gasteiger charge is 2.20. The van der Waals surface area contributed by atoms with Crippen LogP contribution >= 0.6 is 11.3 Å². The van der Waals surface area contributed by atoms with E-state index in [-0.39, 0.29) is 17.5 Å². The number of fused-ring (bicyclic) bond motifs is 1. The molecule has 0 saturated carbocycles. The van der Waals surface area contributed by atoms with Gasteiger partial charge in [-0.15, -0.1) is 11.3 Å². The van der Waals surface area contributed by atoms with Gasteiger partial charge in [-0.2, -0.15) is 4.98 Å². The molecular weight excluding hydrogens is 302 g/mol. The molecule has 0 saturated heterocycles. The van der Waals surface area contributed by atoms with Crippen molar-refractivity contribution in [3.8, 4) is 10.6 Å². The lowest BCUT2D eigenvalue weighted by atomic mass is 10.2. The van der Waals surface area contributed by atoms with E-state index in [1.54, 1.807) is 11.3 Å². The topological polar surface area (TPSA) is 79.5 Å². The Labute approximate surface area is 131 Å². The van der Waals surface area contributed by atoms with Crippen molar-refractivity contribution in [1.29, 1.82) is 0 Å². The number of carboxylic acid groups (broad SMARTS) is 1. The van der Waals surface area contributed by atoms with Crippen molar-refractivity contribution < 1.29 is 14.3 Å². The predicted octanol–water partition coefficient (Wildman–Crippen LogP) is 3.49. The summed E-state index contributed by atoms with van der Waals surface area (Å²) in [5, 5.41) is 11.0. The molecule has 0 amide bonds. The monoisotopic (exact) mass is 317 g/mol. The van der Waals surface area contributed by atoms with Crippen molar-refractivity contribution >= 4 is 34.4 Å². The summed E-state index contributed by atoms with van der Waals surface area (Å²) >= 11 is 1.56. The van der Waals surface area contributed by atoms with Crippen molar-refractivity contribution in [3.05, 3.63) is 29.3 Å². The van der Waals surface area contributed by atoms with E-state index in [9.17, 15) is 4.79 Å². The van der Waals surface area contributed by atoms with Gasteiger partial charge in [-0.25, -0.2) is 9.78 Å². The molecule has 0 bridgehead atoms. The molecule has 3 rings (SSSR count). The smallest absolute Gasteiger partial charge is 0.371 e. The van der Waals surface area contributed by atoms with Gasteiger partial charge < -0.3 is 14.4 Å². The SMILES string of the molecule is CC(C)N(C)c1nc2oc(C(=O)O)cc2nc1-c1cccs1. The quantitative estimate of drug-likeness (QED) is 0.793. The Bertz CT molecular complexity index is 824. The molecule has 0 aliphatic rings. The normalized spacial score (nSPS) is 11.3. The molecule has 114 valence electrons. The van der Waals surface area contributed by atoms with Crippen molar-refractivity contribution in [2.45, 2.75) is 19.9 Å². The molecule has 3 aromatic heterocycles. The van der Waals surface area contributed by atoms with Gasteiger partial charge in [0.05, 0.1) is 4.88 Å². The molecule has 0 unspecified atom stereocenters. The lowest BCUT2D eigenvalue weighted by Gasteiger charge is -2.23. The maximum Gasteiger partial charge on any atom is 0.371 e. The summed E-state index contributed by atoms with van der Waals surface area (Å²) in [6.07, 6.45) is 0. The maximum absolute atomic E-state index is 11.1. The molecule has 0 spiro atoms. The number of hydrogen-bond acceptors (Lipinski definition) is 6. The molecule has 22 heavy (non-hydrogen) atoms. The number of anilines is 1. The van der Waals surface area contributed by atoms with Crippen LogP contribution in [0.15, 0.2) is 28.0 Å². The second-order valence-electron chi connectivity index (χ2n) is 5.18. The van der Waals surface area contributed by atoms with Gasteiger partial charge in [-0.1, -0.05) is 6.07 Å². The molecule has 0 fully saturated rings. The van der Waals surface area contributed by atoms with Gasteiger partial charge in [-0.05, 0) is 25.3 Å². The lowest BCUT2D eigenvalue weighted by Crippen LogP contribution is -2.27. The summed E-state index contributed by atoms with van der Waals surface area (Å²) in [4.78, 5) is 23.1. The predicted molar refractivity (Wildman–Crippen MR) is 85.6 cm³/mol. The molecule has 0 radical (unpaired) electrons.